The van der Waals surface area contributed by atoms with Crippen molar-refractivity contribution in [2.45, 2.75) is 0 Å². The van der Waals surface area contributed by atoms with E-state index in [0.29, 0.717) is 0 Å². The summed E-state index contributed by atoms with van der Waals surface area (Å²) in [5, 5.41) is 16.9. The van der Waals surface area contributed by atoms with Crippen molar-refractivity contribution in [3.63, 3.8) is 0 Å². The summed E-state index contributed by atoms with van der Waals surface area (Å²) in [7, 11) is 1.62. The van der Waals surface area contributed by atoms with Crippen LogP contribution in [0, 0.1) is 0 Å². The van der Waals surface area contributed by atoms with E-state index in [1.807, 2.05) is 36.4 Å². The van der Waals surface area contributed by atoms with Crippen molar-refractivity contribution in [3.8, 4) is 5.75 Å². The molecule has 0 spiro atoms. The van der Waals surface area contributed by atoms with Gasteiger partial charge in [0.25, 0.3) is 5.95 Å². The molecule has 0 radical (unpaired) electrons. The molecule has 0 atom stereocenters. The monoisotopic (exact) mass is 268 g/mol. The Morgan fingerprint density at radius 1 is 1.25 bits per heavy atom. The zero-order valence-corrected chi connectivity index (χ0v) is 10.8. The minimum absolute atomic E-state index is 0.125. The minimum Gasteiger partial charge on any atom is -0.496 e. The number of fused-ring (bicyclic) bond motifs is 1. The maximum absolute atomic E-state index is 5.57. The van der Waals surface area contributed by atoms with E-state index >= 15 is 0 Å². The molecule has 0 saturated carbocycles. The molecule has 100 valence electrons. The molecule has 3 aromatic rings. The largest absolute Gasteiger partial charge is 0.496 e. The second-order valence-electron chi connectivity index (χ2n) is 4.07. The number of aromatic nitrogens is 4. The fraction of sp³-hybridized carbons (Fsp3) is 0.0769. The molecular formula is C13H12N6O. The van der Waals surface area contributed by atoms with Crippen molar-refractivity contribution in [1.29, 1.82) is 0 Å². The van der Waals surface area contributed by atoms with Gasteiger partial charge < -0.3 is 10.5 Å². The second kappa shape index (κ2) is 4.96. The average Bonchev–Trinajstić information content (AvgIpc) is 2.90. The average molecular weight is 268 g/mol. The van der Waals surface area contributed by atoms with Crippen LogP contribution in [-0.2, 0) is 0 Å². The van der Waals surface area contributed by atoms with Gasteiger partial charge in [0.2, 0.25) is 0 Å². The van der Waals surface area contributed by atoms with Gasteiger partial charge in [-0.2, -0.15) is 5.10 Å². The number of hydrogen-bond donors (Lipinski definition) is 1. The molecule has 0 unspecified atom stereocenters. The first-order chi connectivity index (χ1) is 9.79. The fourth-order valence-electron chi connectivity index (χ4n) is 1.97. The highest BCUT2D eigenvalue weighted by Crippen LogP contribution is 2.26. The first kappa shape index (κ1) is 12.1. The fourth-order valence-corrected chi connectivity index (χ4v) is 1.97. The number of nitrogen functional groups attached to an aromatic ring is 1. The number of tetrazole rings is 1. The van der Waals surface area contributed by atoms with E-state index in [1.54, 1.807) is 13.3 Å². The Labute approximate surface area is 114 Å². The lowest BCUT2D eigenvalue weighted by Crippen LogP contribution is -2.00. The first-order valence-corrected chi connectivity index (χ1v) is 5.93. The third-order valence-corrected chi connectivity index (χ3v) is 2.92. The van der Waals surface area contributed by atoms with Crippen molar-refractivity contribution in [3.05, 3.63) is 42.0 Å². The minimum atomic E-state index is 0.125. The number of benzene rings is 2. The molecule has 0 aliphatic carbocycles. The van der Waals surface area contributed by atoms with Crippen LogP contribution in [0.1, 0.15) is 5.56 Å². The number of rotatable bonds is 3. The van der Waals surface area contributed by atoms with Crippen LogP contribution in [0.4, 0.5) is 5.95 Å². The Hall–Kier alpha value is -2.96. The van der Waals surface area contributed by atoms with Crippen LogP contribution in [0.5, 0.6) is 5.75 Å². The molecule has 2 N–H and O–H groups in total. The highest BCUT2D eigenvalue weighted by atomic mass is 16.5. The quantitative estimate of drug-likeness (QED) is 0.723. The molecule has 0 fully saturated rings. The Balaban J connectivity index is 2.14. The third kappa shape index (κ3) is 2.05. The molecule has 3 rings (SSSR count). The molecule has 0 bridgehead atoms. The van der Waals surface area contributed by atoms with Crippen LogP contribution in [0.3, 0.4) is 0 Å². The Kier molecular flexibility index (Phi) is 3.00. The van der Waals surface area contributed by atoms with Crippen molar-refractivity contribution in [2.75, 3.05) is 12.8 Å². The van der Waals surface area contributed by atoms with E-state index in [4.69, 9.17) is 10.5 Å². The first-order valence-electron chi connectivity index (χ1n) is 5.93. The van der Waals surface area contributed by atoms with Gasteiger partial charge in [-0.3, -0.25) is 0 Å². The number of ether oxygens (including phenoxy) is 1. The maximum Gasteiger partial charge on any atom is 0.263 e. The normalized spacial score (nSPS) is 11.2. The molecule has 7 nitrogen and oxygen atoms in total. The molecule has 20 heavy (non-hydrogen) atoms. The maximum atomic E-state index is 5.57. The van der Waals surface area contributed by atoms with Crippen LogP contribution in [0.15, 0.2) is 41.5 Å². The topological polar surface area (TPSA) is 91.2 Å². The molecule has 1 heterocycles. The predicted octanol–water partition coefficient (Wildman–Crippen LogP) is 1.30. The summed E-state index contributed by atoms with van der Waals surface area (Å²) in [5.74, 6) is 0.847. The van der Waals surface area contributed by atoms with Crippen LogP contribution in [0.25, 0.3) is 10.8 Å². The van der Waals surface area contributed by atoms with Crippen molar-refractivity contribution in [1.82, 2.24) is 20.3 Å². The van der Waals surface area contributed by atoms with Crippen LogP contribution in [-0.4, -0.2) is 33.6 Å². The van der Waals surface area contributed by atoms with Gasteiger partial charge >= 0.3 is 0 Å². The summed E-state index contributed by atoms with van der Waals surface area (Å²) >= 11 is 0. The number of nitrogens with two attached hydrogens (primary N) is 1. The molecule has 0 saturated heterocycles. The van der Waals surface area contributed by atoms with Gasteiger partial charge in [-0.05, 0) is 27.3 Å². The lowest BCUT2D eigenvalue weighted by atomic mass is 10.0. The van der Waals surface area contributed by atoms with Gasteiger partial charge in [-0.15, -0.1) is 0 Å². The van der Waals surface area contributed by atoms with Crippen molar-refractivity contribution < 1.29 is 4.74 Å². The Bertz CT molecular complexity index is 779. The molecule has 0 amide bonds. The molecular weight excluding hydrogens is 256 g/mol. The van der Waals surface area contributed by atoms with E-state index < -0.39 is 0 Å². The highest BCUT2D eigenvalue weighted by molar-refractivity contribution is 6.02. The molecule has 1 aromatic heterocycles. The van der Waals surface area contributed by atoms with Gasteiger partial charge in [0.1, 0.15) is 5.75 Å². The van der Waals surface area contributed by atoms with Crippen LogP contribution < -0.4 is 10.5 Å². The lowest BCUT2D eigenvalue weighted by Gasteiger charge is -2.08. The summed E-state index contributed by atoms with van der Waals surface area (Å²) in [6, 6.07) is 11.9. The summed E-state index contributed by atoms with van der Waals surface area (Å²) in [5.41, 5.74) is 6.42. The van der Waals surface area contributed by atoms with Crippen molar-refractivity contribution in [2.24, 2.45) is 5.10 Å². The number of methoxy groups -OCH3 is 1. The summed E-state index contributed by atoms with van der Waals surface area (Å²) in [6.45, 7) is 0. The van der Waals surface area contributed by atoms with Crippen LogP contribution in [0.2, 0.25) is 0 Å². The second-order valence-corrected chi connectivity index (χ2v) is 4.07. The van der Waals surface area contributed by atoms with Gasteiger partial charge in [0.15, 0.2) is 0 Å². The molecule has 2 aromatic carbocycles. The van der Waals surface area contributed by atoms with Gasteiger partial charge in [0.05, 0.1) is 13.3 Å². The van der Waals surface area contributed by atoms with E-state index in [2.05, 4.69) is 20.6 Å². The Morgan fingerprint density at radius 2 is 2.10 bits per heavy atom. The van der Waals surface area contributed by atoms with Crippen molar-refractivity contribution >= 4 is 22.9 Å². The van der Waals surface area contributed by atoms with E-state index in [-0.39, 0.29) is 5.95 Å². The van der Waals surface area contributed by atoms with Crippen LogP contribution >= 0.6 is 0 Å². The SMILES string of the molecule is COc1ccc2ccccc2c1C=Nn1nnnc1N. The highest BCUT2D eigenvalue weighted by Gasteiger charge is 2.06. The molecule has 7 heteroatoms. The van der Waals surface area contributed by atoms with Gasteiger partial charge in [-0.1, -0.05) is 40.2 Å². The number of anilines is 1. The molecule has 0 aliphatic heterocycles. The zero-order chi connectivity index (χ0) is 13.9. The predicted molar refractivity (Wildman–Crippen MR) is 75.7 cm³/mol. The number of hydrogen-bond acceptors (Lipinski definition) is 6. The van der Waals surface area contributed by atoms with Gasteiger partial charge in [0, 0.05) is 5.56 Å². The smallest absolute Gasteiger partial charge is 0.263 e. The summed E-state index contributed by atoms with van der Waals surface area (Å²) < 4.78 is 5.37. The van der Waals surface area contributed by atoms with E-state index in [9.17, 15) is 0 Å². The van der Waals surface area contributed by atoms with Gasteiger partial charge in [-0.25, -0.2) is 0 Å². The summed E-state index contributed by atoms with van der Waals surface area (Å²) in [6.07, 6.45) is 1.63. The lowest BCUT2D eigenvalue weighted by molar-refractivity contribution is 0.415. The standard InChI is InChI=1S/C13H12N6O/c1-20-12-7-6-9-4-2-3-5-10(9)11(12)8-15-19-13(14)16-17-18-19/h2-8H,1H3,(H2,14,16,18). The Morgan fingerprint density at radius 3 is 2.85 bits per heavy atom. The number of nitrogens with zero attached hydrogens (tertiary/aromatic N) is 5. The summed E-state index contributed by atoms with van der Waals surface area (Å²) in [4.78, 5) is 1.15. The third-order valence-electron chi connectivity index (χ3n) is 2.92. The van der Waals surface area contributed by atoms with E-state index in [1.165, 1.54) is 0 Å². The molecule has 0 aliphatic rings. The zero-order valence-electron chi connectivity index (χ0n) is 10.8. The van der Waals surface area contributed by atoms with E-state index in [0.717, 1.165) is 26.9 Å².